The number of hydrogen-bond acceptors (Lipinski definition) is 3. The molecule has 2 heterocycles. The Morgan fingerprint density at radius 1 is 1.32 bits per heavy atom. The number of pyridine rings is 1. The molecule has 0 aliphatic heterocycles. The first-order chi connectivity index (χ1) is 9.13. The van der Waals surface area contributed by atoms with E-state index in [0.717, 1.165) is 42.3 Å². The topological polar surface area (TPSA) is 42.7 Å². The standard InChI is InChI=1S/C14H19ClN4/c1-4-5-16-7-12-6-14(17-8-13(12)15)19-9-18-10(2)11(19)3/h6,8-9,16H,4-5,7H2,1-3H3. The van der Waals surface area contributed by atoms with Crippen molar-refractivity contribution in [2.24, 2.45) is 0 Å². The van der Waals surface area contributed by atoms with Crippen molar-refractivity contribution >= 4 is 11.6 Å². The zero-order valence-electron chi connectivity index (χ0n) is 11.6. The molecule has 0 fully saturated rings. The van der Waals surface area contributed by atoms with E-state index in [9.17, 15) is 0 Å². The highest BCUT2D eigenvalue weighted by Gasteiger charge is 2.08. The average molecular weight is 279 g/mol. The number of nitrogens with zero attached hydrogens (tertiary/aromatic N) is 3. The molecule has 0 amide bonds. The Hall–Kier alpha value is -1.39. The molecule has 0 saturated heterocycles. The van der Waals surface area contributed by atoms with Gasteiger partial charge in [-0.1, -0.05) is 18.5 Å². The molecule has 2 aromatic rings. The van der Waals surface area contributed by atoms with Gasteiger partial charge < -0.3 is 5.32 Å². The predicted octanol–water partition coefficient (Wildman–Crippen LogP) is 3.04. The third-order valence-electron chi connectivity index (χ3n) is 3.16. The summed E-state index contributed by atoms with van der Waals surface area (Å²) in [6.45, 7) is 7.91. The Kier molecular flexibility index (Phi) is 4.56. The van der Waals surface area contributed by atoms with Gasteiger partial charge >= 0.3 is 0 Å². The number of nitrogens with one attached hydrogen (secondary N) is 1. The van der Waals surface area contributed by atoms with Crippen LogP contribution < -0.4 is 5.32 Å². The van der Waals surface area contributed by atoms with E-state index in [1.54, 1.807) is 12.5 Å². The molecule has 0 spiro atoms. The van der Waals surface area contributed by atoms with Crippen LogP contribution in [0, 0.1) is 13.8 Å². The summed E-state index contributed by atoms with van der Waals surface area (Å²) in [6.07, 6.45) is 4.61. The first-order valence-electron chi connectivity index (χ1n) is 6.49. The molecule has 0 radical (unpaired) electrons. The highest BCUT2D eigenvalue weighted by atomic mass is 35.5. The van der Waals surface area contributed by atoms with Gasteiger partial charge in [-0.05, 0) is 38.4 Å². The van der Waals surface area contributed by atoms with E-state index in [-0.39, 0.29) is 0 Å². The van der Waals surface area contributed by atoms with Crippen molar-refractivity contribution in [3.05, 3.63) is 40.6 Å². The van der Waals surface area contributed by atoms with E-state index >= 15 is 0 Å². The summed E-state index contributed by atoms with van der Waals surface area (Å²) < 4.78 is 1.98. The van der Waals surface area contributed by atoms with Crippen molar-refractivity contribution in [3.8, 4) is 5.82 Å². The average Bonchev–Trinajstić information content (AvgIpc) is 2.73. The lowest BCUT2D eigenvalue weighted by molar-refractivity contribution is 0.674. The van der Waals surface area contributed by atoms with Crippen LogP contribution in [0.2, 0.25) is 5.02 Å². The highest BCUT2D eigenvalue weighted by Crippen LogP contribution is 2.19. The minimum absolute atomic E-state index is 0.696. The molecular weight excluding hydrogens is 260 g/mol. The summed E-state index contributed by atoms with van der Waals surface area (Å²) >= 11 is 6.18. The fourth-order valence-electron chi connectivity index (χ4n) is 1.86. The summed E-state index contributed by atoms with van der Waals surface area (Å²) in [7, 11) is 0. The molecular formula is C14H19ClN4. The van der Waals surface area contributed by atoms with Gasteiger partial charge in [0.25, 0.3) is 0 Å². The molecule has 0 atom stereocenters. The maximum Gasteiger partial charge on any atom is 0.138 e. The zero-order chi connectivity index (χ0) is 13.8. The molecule has 2 aromatic heterocycles. The van der Waals surface area contributed by atoms with Crippen LogP contribution in [0.4, 0.5) is 0 Å². The molecule has 0 aliphatic carbocycles. The predicted molar refractivity (Wildman–Crippen MR) is 77.8 cm³/mol. The Morgan fingerprint density at radius 2 is 2.11 bits per heavy atom. The van der Waals surface area contributed by atoms with E-state index in [0.29, 0.717) is 5.02 Å². The van der Waals surface area contributed by atoms with E-state index in [1.165, 1.54) is 0 Å². The second-order valence-electron chi connectivity index (χ2n) is 4.60. The number of rotatable bonds is 5. The van der Waals surface area contributed by atoms with Crippen molar-refractivity contribution < 1.29 is 0 Å². The van der Waals surface area contributed by atoms with Gasteiger partial charge in [0.2, 0.25) is 0 Å². The number of hydrogen-bond donors (Lipinski definition) is 1. The smallest absolute Gasteiger partial charge is 0.138 e. The van der Waals surface area contributed by atoms with E-state index < -0.39 is 0 Å². The van der Waals surface area contributed by atoms with E-state index in [4.69, 9.17) is 11.6 Å². The van der Waals surface area contributed by atoms with Crippen LogP contribution in [0.1, 0.15) is 30.3 Å². The quantitative estimate of drug-likeness (QED) is 0.855. The second-order valence-corrected chi connectivity index (χ2v) is 5.00. The monoisotopic (exact) mass is 278 g/mol. The fourth-order valence-corrected chi connectivity index (χ4v) is 2.03. The van der Waals surface area contributed by atoms with Crippen LogP contribution in [-0.2, 0) is 6.54 Å². The number of aryl methyl sites for hydroxylation is 1. The number of aromatic nitrogens is 3. The molecule has 2 rings (SSSR count). The summed E-state index contributed by atoms with van der Waals surface area (Å²) in [4.78, 5) is 8.67. The Balaban J connectivity index is 2.27. The largest absolute Gasteiger partial charge is 0.313 e. The molecule has 5 heteroatoms. The third kappa shape index (κ3) is 3.14. The first kappa shape index (κ1) is 14.0. The van der Waals surface area contributed by atoms with Gasteiger partial charge in [-0.15, -0.1) is 0 Å². The summed E-state index contributed by atoms with van der Waals surface area (Å²) in [5.74, 6) is 0.857. The lowest BCUT2D eigenvalue weighted by Gasteiger charge is -2.09. The van der Waals surface area contributed by atoms with Crippen molar-refractivity contribution in [2.75, 3.05) is 6.54 Å². The van der Waals surface area contributed by atoms with Crippen LogP contribution in [0.15, 0.2) is 18.6 Å². The minimum atomic E-state index is 0.696. The molecule has 102 valence electrons. The molecule has 1 N–H and O–H groups in total. The van der Waals surface area contributed by atoms with Gasteiger partial charge in [-0.3, -0.25) is 4.57 Å². The van der Waals surface area contributed by atoms with Gasteiger partial charge in [0.05, 0.1) is 10.7 Å². The molecule has 0 bridgehead atoms. The summed E-state index contributed by atoms with van der Waals surface area (Å²) in [5, 5.41) is 4.05. The van der Waals surface area contributed by atoms with Crippen molar-refractivity contribution in [1.82, 2.24) is 19.9 Å². The summed E-state index contributed by atoms with van der Waals surface area (Å²) in [6, 6.07) is 2.01. The Bertz CT molecular complexity index is 563. The molecule has 4 nitrogen and oxygen atoms in total. The van der Waals surface area contributed by atoms with Gasteiger partial charge in [-0.25, -0.2) is 9.97 Å². The highest BCUT2D eigenvalue weighted by molar-refractivity contribution is 6.31. The molecule has 0 aliphatic rings. The lowest BCUT2D eigenvalue weighted by atomic mass is 10.2. The van der Waals surface area contributed by atoms with Gasteiger partial charge in [0.15, 0.2) is 0 Å². The van der Waals surface area contributed by atoms with E-state index in [1.807, 2.05) is 24.5 Å². The van der Waals surface area contributed by atoms with Crippen LogP contribution in [-0.4, -0.2) is 21.1 Å². The number of imidazole rings is 1. The SMILES string of the molecule is CCCNCc1cc(-n2cnc(C)c2C)ncc1Cl. The summed E-state index contributed by atoms with van der Waals surface area (Å²) in [5.41, 5.74) is 3.18. The van der Waals surface area contributed by atoms with Crippen molar-refractivity contribution in [2.45, 2.75) is 33.7 Å². The third-order valence-corrected chi connectivity index (χ3v) is 3.50. The first-order valence-corrected chi connectivity index (χ1v) is 6.87. The van der Waals surface area contributed by atoms with Crippen LogP contribution in [0.25, 0.3) is 5.82 Å². The molecule has 0 unspecified atom stereocenters. The van der Waals surface area contributed by atoms with Crippen LogP contribution in [0.3, 0.4) is 0 Å². The number of halogens is 1. The minimum Gasteiger partial charge on any atom is -0.313 e. The van der Waals surface area contributed by atoms with Crippen molar-refractivity contribution in [1.29, 1.82) is 0 Å². The fraction of sp³-hybridized carbons (Fsp3) is 0.429. The van der Waals surface area contributed by atoms with Crippen LogP contribution in [0.5, 0.6) is 0 Å². The van der Waals surface area contributed by atoms with E-state index in [2.05, 4.69) is 22.2 Å². The molecule has 19 heavy (non-hydrogen) atoms. The van der Waals surface area contributed by atoms with Crippen molar-refractivity contribution in [3.63, 3.8) is 0 Å². The maximum atomic E-state index is 6.18. The zero-order valence-corrected chi connectivity index (χ0v) is 12.3. The maximum absolute atomic E-state index is 6.18. The van der Waals surface area contributed by atoms with Crippen LogP contribution >= 0.6 is 11.6 Å². The van der Waals surface area contributed by atoms with Gasteiger partial charge in [-0.2, -0.15) is 0 Å². The normalized spacial score (nSPS) is 10.9. The molecule has 0 saturated carbocycles. The molecule has 0 aromatic carbocycles. The van der Waals surface area contributed by atoms with Gasteiger partial charge in [0, 0.05) is 18.4 Å². The Labute approximate surface area is 118 Å². The second kappa shape index (κ2) is 6.17. The Morgan fingerprint density at radius 3 is 2.74 bits per heavy atom. The lowest BCUT2D eigenvalue weighted by Crippen LogP contribution is -2.14. The van der Waals surface area contributed by atoms with Gasteiger partial charge in [0.1, 0.15) is 12.1 Å².